The van der Waals surface area contributed by atoms with Gasteiger partial charge in [-0.05, 0) is 25.5 Å². The molecule has 0 aliphatic heterocycles. The Morgan fingerprint density at radius 1 is 1.48 bits per heavy atom. The summed E-state index contributed by atoms with van der Waals surface area (Å²) in [6.45, 7) is 4.36. The molecule has 1 unspecified atom stereocenters. The second-order valence-corrected chi connectivity index (χ2v) is 6.38. The van der Waals surface area contributed by atoms with E-state index in [0.717, 1.165) is 16.3 Å². The number of aryl methyl sites for hydroxylation is 1. The molecule has 0 bridgehead atoms. The quantitative estimate of drug-likeness (QED) is 0.924. The monoisotopic (exact) mass is 323 g/mol. The number of hydrogen-bond acceptors (Lipinski definition) is 3. The fourth-order valence-corrected chi connectivity index (χ4v) is 2.90. The molecule has 0 aliphatic rings. The van der Waals surface area contributed by atoms with Crippen LogP contribution in [-0.4, -0.2) is 23.0 Å². The zero-order valence-corrected chi connectivity index (χ0v) is 13.8. The van der Waals surface area contributed by atoms with Gasteiger partial charge in [0.05, 0.1) is 23.3 Å². The van der Waals surface area contributed by atoms with E-state index in [1.807, 2.05) is 43.5 Å². The van der Waals surface area contributed by atoms with Crippen molar-refractivity contribution in [3.05, 3.63) is 50.9 Å². The SMILES string of the molecule is Cc1nc(CN(C)C(=O)NC(C)c2ccccc2Cl)cs1. The topological polar surface area (TPSA) is 45.2 Å². The maximum absolute atomic E-state index is 12.2. The number of amides is 2. The van der Waals surface area contributed by atoms with Crippen molar-refractivity contribution in [1.29, 1.82) is 0 Å². The minimum absolute atomic E-state index is 0.145. The van der Waals surface area contributed by atoms with Crippen LogP contribution in [0.5, 0.6) is 0 Å². The Morgan fingerprint density at radius 3 is 2.81 bits per heavy atom. The molecule has 1 N–H and O–H groups in total. The summed E-state index contributed by atoms with van der Waals surface area (Å²) in [7, 11) is 1.75. The van der Waals surface area contributed by atoms with Crippen LogP contribution in [0, 0.1) is 6.92 Å². The van der Waals surface area contributed by atoms with E-state index in [1.54, 1.807) is 23.3 Å². The second-order valence-electron chi connectivity index (χ2n) is 4.91. The van der Waals surface area contributed by atoms with Gasteiger partial charge >= 0.3 is 6.03 Å². The maximum atomic E-state index is 12.2. The molecule has 0 spiro atoms. The van der Waals surface area contributed by atoms with E-state index in [1.165, 1.54) is 0 Å². The number of halogens is 1. The highest BCUT2D eigenvalue weighted by Crippen LogP contribution is 2.22. The lowest BCUT2D eigenvalue weighted by molar-refractivity contribution is 0.203. The van der Waals surface area contributed by atoms with Crippen molar-refractivity contribution in [1.82, 2.24) is 15.2 Å². The average molecular weight is 324 g/mol. The van der Waals surface area contributed by atoms with Crippen LogP contribution in [0.1, 0.15) is 29.2 Å². The van der Waals surface area contributed by atoms with Gasteiger partial charge in [-0.15, -0.1) is 11.3 Å². The molecule has 2 amide bonds. The molecule has 1 heterocycles. The number of nitrogens with zero attached hydrogens (tertiary/aromatic N) is 2. The number of carbonyl (C=O) groups excluding carboxylic acids is 1. The van der Waals surface area contributed by atoms with Gasteiger partial charge in [-0.2, -0.15) is 0 Å². The minimum atomic E-state index is -0.147. The Kier molecular flexibility index (Phi) is 5.20. The van der Waals surface area contributed by atoms with E-state index >= 15 is 0 Å². The number of nitrogens with one attached hydrogen (secondary N) is 1. The third kappa shape index (κ3) is 4.19. The Hall–Kier alpha value is -1.59. The van der Waals surface area contributed by atoms with Crippen LogP contribution in [0.4, 0.5) is 4.79 Å². The molecular formula is C15H18ClN3OS. The largest absolute Gasteiger partial charge is 0.331 e. The van der Waals surface area contributed by atoms with Crippen molar-refractivity contribution in [2.24, 2.45) is 0 Å². The van der Waals surface area contributed by atoms with Gasteiger partial charge in [0, 0.05) is 17.5 Å². The molecule has 1 atom stereocenters. The van der Waals surface area contributed by atoms with Crippen LogP contribution in [0.3, 0.4) is 0 Å². The van der Waals surface area contributed by atoms with Gasteiger partial charge in [0.15, 0.2) is 0 Å². The number of urea groups is 1. The molecule has 0 saturated carbocycles. The second kappa shape index (κ2) is 6.91. The standard InChI is InChI=1S/C15H18ClN3OS/c1-10(13-6-4-5-7-14(13)16)17-15(20)19(3)8-12-9-21-11(2)18-12/h4-7,9-10H,8H2,1-3H3,(H,17,20). The van der Waals surface area contributed by atoms with Crippen LogP contribution in [0.25, 0.3) is 0 Å². The van der Waals surface area contributed by atoms with Crippen molar-refractivity contribution < 1.29 is 4.79 Å². The first-order chi connectivity index (χ1) is 9.97. The fourth-order valence-electron chi connectivity index (χ4n) is 2.00. The zero-order chi connectivity index (χ0) is 15.4. The summed E-state index contributed by atoms with van der Waals surface area (Å²) in [5.41, 5.74) is 1.81. The van der Waals surface area contributed by atoms with E-state index in [2.05, 4.69) is 10.3 Å². The molecule has 4 nitrogen and oxygen atoms in total. The molecular weight excluding hydrogens is 306 g/mol. The van der Waals surface area contributed by atoms with Crippen LogP contribution in [0.2, 0.25) is 5.02 Å². The molecule has 112 valence electrons. The predicted octanol–water partition coefficient (Wildman–Crippen LogP) is 4.01. The summed E-state index contributed by atoms with van der Waals surface area (Å²) in [5, 5.41) is 6.57. The molecule has 1 aromatic heterocycles. The molecule has 2 rings (SSSR count). The van der Waals surface area contributed by atoms with E-state index in [-0.39, 0.29) is 12.1 Å². The predicted molar refractivity (Wildman–Crippen MR) is 86.7 cm³/mol. The molecule has 0 saturated heterocycles. The van der Waals surface area contributed by atoms with Gasteiger partial charge in [0.1, 0.15) is 0 Å². The maximum Gasteiger partial charge on any atom is 0.317 e. The Labute approximate surface area is 133 Å². The summed E-state index contributed by atoms with van der Waals surface area (Å²) in [6.07, 6.45) is 0. The fraction of sp³-hybridized carbons (Fsp3) is 0.333. The van der Waals surface area contributed by atoms with Crippen molar-refractivity contribution in [3.8, 4) is 0 Å². The van der Waals surface area contributed by atoms with Gasteiger partial charge in [-0.3, -0.25) is 0 Å². The van der Waals surface area contributed by atoms with Crippen LogP contribution >= 0.6 is 22.9 Å². The summed E-state index contributed by atoms with van der Waals surface area (Å²) in [4.78, 5) is 18.2. The Balaban J connectivity index is 1.96. The Bertz CT molecular complexity index is 629. The summed E-state index contributed by atoms with van der Waals surface area (Å²) in [5.74, 6) is 0. The van der Waals surface area contributed by atoms with Gasteiger partial charge in [-0.1, -0.05) is 29.8 Å². The molecule has 21 heavy (non-hydrogen) atoms. The van der Waals surface area contributed by atoms with Crippen LogP contribution < -0.4 is 5.32 Å². The zero-order valence-electron chi connectivity index (χ0n) is 12.3. The van der Waals surface area contributed by atoms with Gasteiger partial charge in [0.2, 0.25) is 0 Å². The van der Waals surface area contributed by atoms with E-state index in [9.17, 15) is 4.79 Å². The molecule has 0 radical (unpaired) electrons. The molecule has 0 aliphatic carbocycles. The number of thiazole rings is 1. The van der Waals surface area contributed by atoms with Gasteiger partial charge in [-0.25, -0.2) is 9.78 Å². The molecule has 2 aromatic rings. The molecule has 6 heteroatoms. The number of carbonyl (C=O) groups is 1. The highest BCUT2D eigenvalue weighted by molar-refractivity contribution is 7.09. The third-order valence-corrected chi connectivity index (χ3v) is 4.29. The normalized spacial score (nSPS) is 12.0. The van der Waals surface area contributed by atoms with Crippen molar-refractivity contribution >= 4 is 29.0 Å². The lowest BCUT2D eigenvalue weighted by Gasteiger charge is -2.21. The summed E-state index contributed by atoms with van der Waals surface area (Å²) >= 11 is 7.73. The van der Waals surface area contributed by atoms with Crippen molar-refractivity contribution in [2.45, 2.75) is 26.4 Å². The third-order valence-electron chi connectivity index (χ3n) is 3.12. The van der Waals surface area contributed by atoms with Crippen LogP contribution in [-0.2, 0) is 6.54 Å². The first kappa shape index (κ1) is 15.8. The first-order valence-electron chi connectivity index (χ1n) is 6.64. The highest BCUT2D eigenvalue weighted by Gasteiger charge is 2.16. The van der Waals surface area contributed by atoms with E-state index < -0.39 is 0 Å². The van der Waals surface area contributed by atoms with E-state index in [0.29, 0.717) is 11.6 Å². The lowest BCUT2D eigenvalue weighted by Crippen LogP contribution is -2.38. The average Bonchev–Trinajstić information content (AvgIpc) is 2.84. The Morgan fingerprint density at radius 2 is 2.19 bits per heavy atom. The number of rotatable bonds is 4. The summed E-state index contributed by atoms with van der Waals surface area (Å²) in [6, 6.07) is 7.22. The summed E-state index contributed by atoms with van der Waals surface area (Å²) < 4.78 is 0. The van der Waals surface area contributed by atoms with Gasteiger partial charge < -0.3 is 10.2 Å². The van der Waals surface area contributed by atoms with Gasteiger partial charge in [0.25, 0.3) is 0 Å². The molecule has 1 aromatic carbocycles. The van der Waals surface area contributed by atoms with E-state index in [4.69, 9.17) is 11.6 Å². The highest BCUT2D eigenvalue weighted by atomic mass is 35.5. The number of hydrogen-bond donors (Lipinski definition) is 1. The van der Waals surface area contributed by atoms with Crippen molar-refractivity contribution in [2.75, 3.05) is 7.05 Å². The van der Waals surface area contributed by atoms with Crippen LogP contribution in [0.15, 0.2) is 29.6 Å². The first-order valence-corrected chi connectivity index (χ1v) is 7.90. The smallest absolute Gasteiger partial charge is 0.317 e. The lowest BCUT2D eigenvalue weighted by atomic mass is 10.1. The number of benzene rings is 1. The molecule has 0 fully saturated rings. The number of aromatic nitrogens is 1. The van der Waals surface area contributed by atoms with Crippen molar-refractivity contribution in [3.63, 3.8) is 0 Å². The minimum Gasteiger partial charge on any atom is -0.331 e.